The number of aliphatic imine (C=N–C) groups is 1. The first-order valence-electron chi connectivity index (χ1n) is 10.3. The van der Waals surface area contributed by atoms with E-state index >= 15 is 0 Å². The van der Waals surface area contributed by atoms with Crippen molar-refractivity contribution in [3.8, 4) is 0 Å². The normalized spacial score (nSPS) is 17.8. The van der Waals surface area contributed by atoms with Gasteiger partial charge in [-0.15, -0.1) is 0 Å². The van der Waals surface area contributed by atoms with Crippen molar-refractivity contribution >= 4 is 24.1 Å². The van der Waals surface area contributed by atoms with Gasteiger partial charge in [-0.2, -0.15) is 0 Å². The molecule has 2 rings (SSSR count). The van der Waals surface area contributed by atoms with Crippen molar-refractivity contribution in [3.63, 3.8) is 0 Å². The van der Waals surface area contributed by atoms with Crippen LogP contribution in [0.15, 0.2) is 35.3 Å². The van der Waals surface area contributed by atoms with E-state index in [1.54, 1.807) is 11.9 Å². The van der Waals surface area contributed by atoms with Crippen molar-refractivity contribution in [1.29, 1.82) is 0 Å². The lowest BCUT2D eigenvalue weighted by molar-refractivity contribution is -0.140. The van der Waals surface area contributed by atoms with Crippen molar-refractivity contribution in [1.82, 2.24) is 15.5 Å². The van der Waals surface area contributed by atoms with Gasteiger partial charge in [-0.25, -0.2) is 0 Å². The number of rotatable bonds is 11. The number of aldehydes is 1. The zero-order valence-electron chi connectivity index (χ0n) is 17.4. The number of hydrogen-bond acceptors (Lipinski definition) is 5. The van der Waals surface area contributed by atoms with E-state index in [-0.39, 0.29) is 17.8 Å². The fraction of sp³-hybridized carbons (Fsp3) is 0.524. The lowest BCUT2D eigenvalue weighted by atomic mass is 10.0. The number of nitrogens with two attached hydrogens (primary N) is 2. The van der Waals surface area contributed by atoms with Gasteiger partial charge in [-0.05, 0) is 44.7 Å². The standard InChI is InChI=1S/C21H32N6O3/c1-24-17(13-15-7-3-2-4-8-15)20(30)27-12-6-10-18(27)19(29)26-16(14-28)9-5-11-25-21(22)23/h2-4,7-8,14,16-18,24H,5-6,9-13H2,1H3,(H,26,29)(H4,22,23,25)/t16?,17?,18-/m0/s1. The molecule has 1 aliphatic heterocycles. The van der Waals surface area contributed by atoms with E-state index in [2.05, 4.69) is 15.6 Å². The van der Waals surface area contributed by atoms with E-state index in [4.69, 9.17) is 11.5 Å². The second-order valence-corrected chi connectivity index (χ2v) is 7.42. The first-order valence-corrected chi connectivity index (χ1v) is 10.3. The van der Waals surface area contributed by atoms with Crippen LogP contribution in [-0.2, 0) is 20.8 Å². The second-order valence-electron chi connectivity index (χ2n) is 7.42. The SMILES string of the molecule is CNC(Cc1ccccc1)C(=O)N1CCC[C@H]1C(=O)NC(C=O)CCCN=C(N)N. The molecule has 0 aromatic heterocycles. The molecule has 2 amide bonds. The van der Waals surface area contributed by atoms with Gasteiger partial charge in [0, 0.05) is 13.1 Å². The summed E-state index contributed by atoms with van der Waals surface area (Å²) in [5.41, 5.74) is 11.6. The minimum Gasteiger partial charge on any atom is -0.370 e. The largest absolute Gasteiger partial charge is 0.370 e. The molecule has 3 atom stereocenters. The predicted octanol–water partition coefficient (Wildman–Crippen LogP) is -0.455. The fourth-order valence-corrected chi connectivity index (χ4v) is 3.64. The zero-order chi connectivity index (χ0) is 21.9. The van der Waals surface area contributed by atoms with E-state index in [9.17, 15) is 14.4 Å². The van der Waals surface area contributed by atoms with Crippen LogP contribution in [0, 0.1) is 0 Å². The van der Waals surface area contributed by atoms with Crippen LogP contribution >= 0.6 is 0 Å². The molecule has 0 aliphatic carbocycles. The Morgan fingerprint density at radius 1 is 1.30 bits per heavy atom. The highest BCUT2D eigenvalue weighted by Gasteiger charge is 2.37. The Kier molecular flexibility index (Phi) is 9.27. The first-order chi connectivity index (χ1) is 14.5. The van der Waals surface area contributed by atoms with E-state index in [0.717, 1.165) is 12.0 Å². The minimum atomic E-state index is -0.631. The Labute approximate surface area is 177 Å². The maximum atomic E-state index is 13.1. The van der Waals surface area contributed by atoms with E-state index in [1.807, 2.05) is 30.3 Å². The van der Waals surface area contributed by atoms with Gasteiger partial charge >= 0.3 is 0 Å². The Hall–Kier alpha value is -2.94. The quantitative estimate of drug-likeness (QED) is 0.166. The van der Waals surface area contributed by atoms with E-state index in [1.165, 1.54) is 0 Å². The number of amides is 2. The van der Waals surface area contributed by atoms with Crippen molar-refractivity contribution in [2.45, 2.75) is 50.2 Å². The fourth-order valence-electron chi connectivity index (χ4n) is 3.64. The lowest BCUT2D eigenvalue weighted by Crippen LogP contribution is -2.54. The molecule has 9 nitrogen and oxygen atoms in total. The first kappa shape index (κ1) is 23.3. The van der Waals surface area contributed by atoms with Crippen LogP contribution in [0.4, 0.5) is 0 Å². The highest BCUT2D eigenvalue weighted by molar-refractivity contribution is 5.91. The number of benzene rings is 1. The molecule has 1 aromatic rings. The third kappa shape index (κ3) is 6.84. The summed E-state index contributed by atoms with van der Waals surface area (Å²) in [5.74, 6) is -0.403. The third-order valence-corrected chi connectivity index (χ3v) is 5.23. The molecule has 0 spiro atoms. The zero-order valence-corrected chi connectivity index (χ0v) is 17.4. The third-order valence-electron chi connectivity index (χ3n) is 5.23. The molecule has 1 aromatic carbocycles. The number of hydrogen-bond donors (Lipinski definition) is 4. The molecule has 1 aliphatic rings. The molecule has 0 bridgehead atoms. The van der Waals surface area contributed by atoms with Crippen molar-refractivity contribution < 1.29 is 14.4 Å². The van der Waals surface area contributed by atoms with Crippen molar-refractivity contribution in [2.24, 2.45) is 16.5 Å². The number of likely N-dealkylation sites (tertiary alicyclic amines) is 1. The van der Waals surface area contributed by atoms with E-state index < -0.39 is 18.1 Å². The van der Waals surface area contributed by atoms with Crippen LogP contribution in [0.1, 0.15) is 31.2 Å². The number of nitrogens with one attached hydrogen (secondary N) is 2. The maximum absolute atomic E-state index is 13.1. The highest BCUT2D eigenvalue weighted by Crippen LogP contribution is 2.20. The molecule has 2 unspecified atom stereocenters. The summed E-state index contributed by atoms with van der Waals surface area (Å²) in [6.07, 6.45) is 3.58. The van der Waals surface area contributed by atoms with E-state index in [0.29, 0.717) is 45.1 Å². The topological polar surface area (TPSA) is 143 Å². The Morgan fingerprint density at radius 3 is 2.67 bits per heavy atom. The van der Waals surface area contributed by atoms with Crippen LogP contribution < -0.4 is 22.1 Å². The number of likely N-dealkylation sites (N-methyl/N-ethyl adjacent to an activating group) is 1. The van der Waals surface area contributed by atoms with Crippen LogP contribution in [0.2, 0.25) is 0 Å². The van der Waals surface area contributed by atoms with Gasteiger partial charge in [0.15, 0.2) is 5.96 Å². The molecule has 1 heterocycles. The van der Waals surface area contributed by atoms with Crippen molar-refractivity contribution in [2.75, 3.05) is 20.1 Å². The summed E-state index contributed by atoms with van der Waals surface area (Å²) in [7, 11) is 1.75. The van der Waals surface area contributed by atoms with Crippen molar-refractivity contribution in [3.05, 3.63) is 35.9 Å². The molecule has 9 heteroatoms. The smallest absolute Gasteiger partial charge is 0.243 e. The Balaban J connectivity index is 1.95. The summed E-state index contributed by atoms with van der Waals surface area (Å²) in [6, 6.07) is 8.14. The van der Waals surface area contributed by atoms with Gasteiger partial charge in [0.05, 0.1) is 12.1 Å². The Morgan fingerprint density at radius 2 is 2.03 bits per heavy atom. The molecule has 164 valence electrons. The average molecular weight is 417 g/mol. The average Bonchev–Trinajstić information content (AvgIpc) is 3.24. The maximum Gasteiger partial charge on any atom is 0.243 e. The Bertz CT molecular complexity index is 736. The van der Waals surface area contributed by atoms with Gasteiger partial charge in [0.1, 0.15) is 12.3 Å². The lowest BCUT2D eigenvalue weighted by Gasteiger charge is -2.29. The van der Waals surface area contributed by atoms with Gasteiger partial charge in [0.2, 0.25) is 11.8 Å². The minimum absolute atomic E-state index is 0.00334. The molecule has 30 heavy (non-hydrogen) atoms. The number of carbonyl (C=O) groups excluding carboxylic acids is 3. The summed E-state index contributed by atoms with van der Waals surface area (Å²) in [6.45, 7) is 0.917. The van der Waals surface area contributed by atoms with Gasteiger partial charge in [0.25, 0.3) is 0 Å². The predicted molar refractivity (Wildman–Crippen MR) is 116 cm³/mol. The number of nitrogens with zero attached hydrogens (tertiary/aromatic N) is 2. The molecule has 0 saturated carbocycles. The summed E-state index contributed by atoms with van der Waals surface area (Å²) >= 11 is 0. The molecular formula is C21H32N6O3. The van der Waals surface area contributed by atoms with Crippen LogP contribution in [0.5, 0.6) is 0 Å². The number of carbonyl (C=O) groups is 3. The molecule has 6 N–H and O–H groups in total. The van der Waals surface area contributed by atoms with Gasteiger partial charge in [-0.1, -0.05) is 30.3 Å². The van der Waals surface area contributed by atoms with Gasteiger partial charge in [-0.3, -0.25) is 14.6 Å². The summed E-state index contributed by atoms with van der Waals surface area (Å²) in [5, 5.41) is 5.83. The summed E-state index contributed by atoms with van der Waals surface area (Å²) < 4.78 is 0. The molecule has 1 fully saturated rings. The van der Waals surface area contributed by atoms with Crippen LogP contribution in [0.25, 0.3) is 0 Å². The van der Waals surface area contributed by atoms with Crippen LogP contribution in [0.3, 0.4) is 0 Å². The van der Waals surface area contributed by atoms with Gasteiger partial charge < -0.3 is 31.8 Å². The molecular weight excluding hydrogens is 384 g/mol. The second kappa shape index (κ2) is 11.9. The summed E-state index contributed by atoms with van der Waals surface area (Å²) in [4.78, 5) is 42.8. The highest BCUT2D eigenvalue weighted by atomic mass is 16.2. The monoisotopic (exact) mass is 416 g/mol. The molecule has 0 radical (unpaired) electrons. The van der Waals surface area contributed by atoms with Crippen LogP contribution in [-0.4, -0.2) is 67.2 Å². The number of guanidine groups is 1. The molecule has 1 saturated heterocycles.